The third kappa shape index (κ3) is 7.93. The van der Waals surface area contributed by atoms with Gasteiger partial charge in [-0.2, -0.15) is 13.2 Å². The molecule has 0 unspecified atom stereocenters. The highest BCUT2D eigenvalue weighted by atomic mass is 32.1. The van der Waals surface area contributed by atoms with Gasteiger partial charge in [-0.15, -0.1) is 11.3 Å². The molecule has 0 atom stereocenters. The van der Waals surface area contributed by atoms with Gasteiger partial charge in [-0.3, -0.25) is 4.90 Å². The number of fused-ring (bicyclic) bond motifs is 1. The first kappa shape index (κ1) is 35.1. The Morgan fingerprint density at radius 3 is 2.44 bits per heavy atom. The van der Waals surface area contributed by atoms with Crippen molar-refractivity contribution in [3.63, 3.8) is 0 Å². The molecule has 7 rings (SSSR count). The molecule has 1 aliphatic carbocycles. The second-order valence-electron chi connectivity index (χ2n) is 13.9. The number of likely N-dealkylation sites (tertiary alicyclic amines) is 1. The van der Waals surface area contributed by atoms with Crippen molar-refractivity contribution in [1.82, 2.24) is 4.90 Å². The summed E-state index contributed by atoms with van der Waals surface area (Å²) in [5.41, 5.74) is 1.93. The molecular weight excluding hydrogens is 675 g/mol. The predicted molar refractivity (Wildman–Crippen MR) is 187 cm³/mol. The van der Waals surface area contributed by atoms with E-state index in [1.165, 1.54) is 36.6 Å². The number of rotatable bonds is 9. The summed E-state index contributed by atoms with van der Waals surface area (Å²) in [5.74, 6) is 5.46. The Labute approximate surface area is 293 Å². The van der Waals surface area contributed by atoms with Gasteiger partial charge in [-0.05, 0) is 55.5 Å². The summed E-state index contributed by atoms with van der Waals surface area (Å²) < 4.78 is 86.6. The Kier molecular flexibility index (Phi) is 10.6. The van der Waals surface area contributed by atoms with Crippen molar-refractivity contribution in [3.8, 4) is 17.6 Å². The maximum atomic E-state index is 15.1. The maximum Gasteiger partial charge on any atom is 0.393 e. The van der Waals surface area contributed by atoms with Gasteiger partial charge < -0.3 is 29.7 Å². The summed E-state index contributed by atoms with van der Waals surface area (Å²) in [5, 5.41) is 7.17. The molecule has 1 saturated carbocycles. The number of nitrogens with zero attached hydrogens (tertiary/aromatic N) is 2. The number of hydrogen-bond acceptors (Lipinski definition) is 8. The highest BCUT2D eigenvalue weighted by molar-refractivity contribution is 7.20. The summed E-state index contributed by atoms with van der Waals surface area (Å²) >= 11 is 1.26. The molecule has 3 aromatic rings. The van der Waals surface area contributed by atoms with Crippen LogP contribution in [0.1, 0.15) is 49.0 Å². The lowest BCUT2D eigenvalue weighted by atomic mass is 9.71. The Morgan fingerprint density at radius 2 is 1.72 bits per heavy atom. The fourth-order valence-corrected chi connectivity index (χ4v) is 9.10. The third-order valence-electron chi connectivity index (χ3n) is 10.6. The van der Waals surface area contributed by atoms with Crippen LogP contribution in [0.15, 0.2) is 30.3 Å². The Hall–Kier alpha value is -3.31. The third-order valence-corrected chi connectivity index (χ3v) is 11.8. The minimum atomic E-state index is -4.41. The monoisotopic (exact) mass is 718 g/mol. The van der Waals surface area contributed by atoms with E-state index in [0.717, 1.165) is 62.1 Å². The van der Waals surface area contributed by atoms with E-state index < -0.39 is 25.3 Å². The van der Waals surface area contributed by atoms with Crippen LogP contribution in [0.5, 0.6) is 5.75 Å². The second kappa shape index (κ2) is 15.1. The smallest absolute Gasteiger partial charge is 0.393 e. The first-order valence-corrected chi connectivity index (χ1v) is 18.3. The van der Waals surface area contributed by atoms with Gasteiger partial charge in [0.25, 0.3) is 0 Å². The number of thiophene rings is 1. The average Bonchev–Trinajstić information content (AvgIpc) is 3.44. The zero-order valence-electron chi connectivity index (χ0n) is 28.0. The van der Waals surface area contributed by atoms with Gasteiger partial charge >= 0.3 is 6.18 Å². The van der Waals surface area contributed by atoms with Crippen molar-refractivity contribution < 1.29 is 36.2 Å². The van der Waals surface area contributed by atoms with Crippen LogP contribution in [-0.4, -0.2) is 89.2 Å². The van der Waals surface area contributed by atoms with E-state index in [1.807, 2.05) is 6.07 Å². The van der Waals surface area contributed by atoms with E-state index in [0.29, 0.717) is 48.0 Å². The van der Waals surface area contributed by atoms with Crippen molar-refractivity contribution in [2.45, 2.75) is 63.2 Å². The molecule has 0 bridgehead atoms. The van der Waals surface area contributed by atoms with Crippen LogP contribution in [0.25, 0.3) is 10.1 Å². The van der Waals surface area contributed by atoms with E-state index in [1.54, 1.807) is 17.0 Å². The van der Waals surface area contributed by atoms with Gasteiger partial charge in [-0.1, -0.05) is 24.0 Å². The van der Waals surface area contributed by atoms with E-state index >= 15 is 4.39 Å². The molecule has 2 N–H and O–H groups in total. The molecular formula is C37H43F5N4O3S. The molecule has 0 amide bonds. The number of hydrogen-bond donors (Lipinski definition) is 2. The fraction of sp³-hybridized carbons (Fsp3) is 0.568. The van der Waals surface area contributed by atoms with Crippen LogP contribution in [0.4, 0.5) is 39.0 Å². The Morgan fingerprint density at radius 1 is 0.980 bits per heavy atom. The van der Waals surface area contributed by atoms with Crippen LogP contribution >= 0.6 is 11.3 Å². The standard InChI is InChI=1S/C37H43F5N4O3S/c38-24-49-33-20-32(45-13-17-48-18-14-45)29(39)19-31(33)43-12-2-5-34-28(21-37(40,41)42)27-3-1-4-30(35(27)50-34)44-25-6-8-26(9-7-25)46-22-36(23-46)10-15-47-16-11-36/h1,3-4,19-20,25-26,43-44H,6-18,21-24H2. The van der Waals surface area contributed by atoms with Gasteiger partial charge in [0.2, 0.25) is 6.86 Å². The minimum absolute atomic E-state index is 0.0149. The molecule has 3 saturated heterocycles. The van der Waals surface area contributed by atoms with Gasteiger partial charge in [0.1, 0.15) is 11.6 Å². The first-order chi connectivity index (χ1) is 24.2. The summed E-state index contributed by atoms with van der Waals surface area (Å²) in [6.07, 6.45) is 1.03. The molecule has 7 nitrogen and oxygen atoms in total. The van der Waals surface area contributed by atoms with Crippen molar-refractivity contribution in [1.29, 1.82) is 0 Å². The molecule has 270 valence electrons. The summed E-state index contributed by atoms with van der Waals surface area (Å²) in [7, 11) is 0. The zero-order chi connectivity index (χ0) is 34.7. The van der Waals surface area contributed by atoms with Gasteiger partial charge in [0, 0.05) is 69.0 Å². The summed E-state index contributed by atoms with van der Waals surface area (Å²) in [6, 6.07) is 8.98. The number of ether oxygens (including phenoxy) is 3. The average molecular weight is 719 g/mol. The molecule has 4 heterocycles. The molecule has 2 aromatic carbocycles. The SMILES string of the molecule is FCOc1cc(N2CCOCC2)c(F)cc1NCC#Cc1sc2c(NC3CCC(N4CC5(CCOCC5)C4)CC3)cccc2c1CC(F)(F)F. The molecule has 1 aromatic heterocycles. The van der Waals surface area contributed by atoms with E-state index in [2.05, 4.69) is 27.4 Å². The van der Waals surface area contributed by atoms with Crippen molar-refractivity contribution in [3.05, 3.63) is 46.6 Å². The Bertz CT molecular complexity index is 1690. The van der Waals surface area contributed by atoms with E-state index in [9.17, 15) is 17.6 Å². The van der Waals surface area contributed by atoms with Crippen molar-refractivity contribution in [2.24, 2.45) is 5.41 Å². The second-order valence-corrected chi connectivity index (χ2v) is 14.9. The summed E-state index contributed by atoms with van der Waals surface area (Å²) in [4.78, 5) is 4.78. The molecule has 0 radical (unpaired) electrons. The van der Waals surface area contributed by atoms with Crippen LogP contribution in [0.2, 0.25) is 0 Å². The predicted octanol–water partition coefficient (Wildman–Crippen LogP) is 7.59. The first-order valence-electron chi connectivity index (χ1n) is 17.5. The number of morpholine rings is 1. The zero-order valence-corrected chi connectivity index (χ0v) is 28.8. The van der Waals surface area contributed by atoms with E-state index in [4.69, 9.17) is 14.2 Å². The number of nitrogens with one attached hydrogen (secondary N) is 2. The highest BCUT2D eigenvalue weighted by Gasteiger charge is 2.46. The minimum Gasteiger partial charge on any atom is -0.461 e. The molecule has 50 heavy (non-hydrogen) atoms. The molecule has 1 spiro atoms. The van der Waals surface area contributed by atoms with Crippen LogP contribution in [0, 0.1) is 23.1 Å². The lowest BCUT2D eigenvalue weighted by Crippen LogP contribution is -2.62. The Balaban J connectivity index is 1.03. The van der Waals surface area contributed by atoms with Gasteiger partial charge in [-0.25, -0.2) is 8.78 Å². The largest absolute Gasteiger partial charge is 0.461 e. The van der Waals surface area contributed by atoms with Gasteiger partial charge in [0.15, 0.2) is 0 Å². The lowest BCUT2D eigenvalue weighted by Gasteiger charge is -2.56. The molecule has 4 aliphatic rings. The quantitative estimate of drug-likeness (QED) is 0.175. The topological polar surface area (TPSA) is 58.2 Å². The van der Waals surface area contributed by atoms with Crippen molar-refractivity contribution >= 4 is 38.5 Å². The van der Waals surface area contributed by atoms with E-state index in [-0.39, 0.29) is 35.3 Å². The fourth-order valence-electron chi connectivity index (χ4n) is 7.93. The van der Waals surface area contributed by atoms with Crippen molar-refractivity contribution in [2.75, 3.05) is 81.5 Å². The van der Waals surface area contributed by atoms with Crippen LogP contribution in [-0.2, 0) is 15.9 Å². The molecule has 4 fully saturated rings. The normalized spacial score (nSPS) is 22.5. The number of alkyl halides is 4. The van der Waals surface area contributed by atoms with Gasteiger partial charge in [0.05, 0.1) is 52.8 Å². The molecule has 3 aliphatic heterocycles. The number of halogens is 5. The number of benzene rings is 2. The lowest BCUT2D eigenvalue weighted by molar-refractivity contribution is -0.126. The van der Waals surface area contributed by atoms with Crippen LogP contribution < -0.4 is 20.3 Å². The van der Waals surface area contributed by atoms with Crippen LogP contribution in [0.3, 0.4) is 0 Å². The highest BCUT2D eigenvalue weighted by Crippen LogP contribution is 2.44. The summed E-state index contributed by atoms with van der Waals surface area (Å²) in [6.45, 7) is 4.85. The number of anilines is 3. The maximum absolute atomic E-state index is 15.1. The molecule has 13 heteroatoms.